The normalized spacial score (nSPS) is 12.4. The fraction of sp³-hybridized carbons (Fsp3) is 0.308. The van der Waals surface area contributed by atoms with E-state index in [0.717, 1.165) is 5.56 Å². The Bertz CT molecular complexity index is 597. The molecule has 0 fully saturated rings. The fourth-order valence-electron chi connectivity index (χ4n) is 1.74. The second kappa shape index (κ2) is 6.21. The molecule has 0 radical (unpaired) electrons. The van der Waals surface area contributed by atoms with Crippen LogP contribution in [0, 0.1) is 6.92 Å². The summed E-state index contributed by atoms with van der Waals surface area (Å²) in [6, 6.07) is 7.07. The summed E-state index contributed by atoms with van der Waals surface area (Å²) < 4.78 is 22.3. The third-order valence-corrected chi connectivity index (χ3v) is 4.03. The van der Waals surface area contributed by atoms with Gasteiger partial charge in [-0.2, -0.15) is 0 Å². The second-order valence-corrected chi connectivity index (χ2v) is 6.01. The molecule has 102 valence electrons. The Kier molecular flexibility index (Phi) is 4.61. The van der Waals surface area contributed by atoms with E-state index in [1.807, 2.05) is 0 Å². The van der Waals surface area contributed by atoms with Crippen molar-refractivity contribution in [3.63, 3.8) is 0 Å². The van der Waals surface area contributed by atoms with Crippen LogP contribution in [0.2, 0.25) is 5.02 Å². The van der Waals surface area contributed by atoms with Crippen LogP contribution < -0.4 is 4.74 Å². The molecule has 0 spiro atoms. The number of hydrogen-bond donors (Lipinski definition) is 0. The first-order valence-electron chi connectivity index (χ1n) is 5.68. The number of nitrogens with zero attached hydrogens (tertiary/aromatic N) is 1. The molecule has 0 aliphatic carbocycles. The highest BCUT2D eigenvalue weighted by atomic mass is 35.5. The lowest BCUT2D eigenvalue weighted by atomic mass is 10.2. The lowest BCUT2D eigenvalue weighted by Gasteiger charge is -2.08. The number of methoxy groups -OCH3 is 1. The Labute approximate surface area is 119 Å². The zero-order chi connectivity index (χ0) is 13.8. The van der Waals surface area contributed by atoms with Crippen LogP contribution in [0.5, 0.6) is 5.75 Å². The molecular formula is C13H14ClNO3S. The molecule has 2 rings (SSSR count). The summed E-state index contributed by atoms with van der Waals surface area (Å²) in [7, 11) is 0.490. The van der Waals surface area contributed by atoms with Crippen LogP contribution >= 0.6 is 11.6 Å². The van der Waals surface area contributed by atoms with Gasteiger partial charge >= 0.3 is 0 Å². The van der Waals surface area contributed by atoms with Crippen LogP contribution in [0.4, 0.5) is 0 Å². The maximum absolute atomic E-state index is 12.1. The third kappa shape index (κ3) is 3.81. The largest absolute Gasteiger partial charge is 0.496 e. The molecule has 0 N–H and O–H groups in total. The number of benzene rings is 1. The van der Waals surface area contributed by atoms with E-state index in [9.17, 15) is 4.21 Å². The molecule has 0 amide bonds. The van der Waals surface area contributed by atoms with Crippen molar-refractivity contribution < 1.29 is 13.5 Å². The molecule has 0 saturated carbocycles. The van der Waals surface area contributed by atoms with Gasteiger partial charge in [0, 0.05) is 27.5 Å². The maximum Gasteiger partial charge on any atom is 0.133 e. The van der Waals surface area contributed by atoms with Crippen molar-refractivity contribution in [2.24, 2.45) is 0 Å². The summed E-state index contributed by atoms with van der Waals surface area (Å²) in [5.41, 5.74) is 1.52. The molecule has 6 heteroatoms. The minimum Gasteiger partial charge on any atom is -0.496 e. The predicted octanol–water partition coefficient (Wildman–Crippen LogP) is 3.09. The van der Waals surface area contributed by atoms with Gasteiger partial charge in [-0.3, -0.25) is 4.21 Å². The van der Waals surface area contributed by atoms with Gasteiger partial charge in [-0.1, -0.05) is 16.8 Å². The molecule has 1 heterocycles. The van der Waals surface area contributed by atoms with Crippen LogP contribution in [-0.4, -0.2) is 16.5 Å². The molecule has 1 atom stereocenters. The fourth-order valence-corrected chi connectivity index (χ4v) is 3.07. The van der Waals surface area contributed by atoms with Crippen molar-refractivity contribution in [3.05, 3.63) is 46.3 Å². The van der Waals surface area contributed by atoms with Crippen molar-refractivity contribution >= 4 is 22.4 Å². The van der Waals surface area contributed by atoms with Gasteiger partial charge in [-0.05, 0) is 25.1 Å². The van der Waals surface area contributed by atoms with Crippen LogP contribution in [-0.2, 0) is 22.3 Å². The summed E-state index contributed by atoms with van der Waals surface area (Å²) in [6.45, 7) is 1.80. The van der Waals surface area contributed by atoms with Crippen molar-refractivity contribution in [2.75, 3.05) is 7.11 Å². The SMILES string of the molecule is COc1ccc(Cl)cc1C[S@@](=O)Cc1cc(C)on1. The molecule has 4 nitrogen and oxygen atoms in total. The van der Waals surface area contributed by atoms with E-state index in [2.05, 4.69) is 5.16 Å². The molecule has 0 aliphatic heterocycles. The van der Waals surface area contributed by atoms with E-state index < -0.39 is 10.8 Å². The van der Waals surface area contributed by atoms with Gasteiger partial charge in [-0.25, -0.2) is 0 Å². The van der Waals surface area contributed by atoms with Crippen LogP contribution in [0.1, 0.15) is 17.0 Å². The predicted molar refractivity (Wildman–Crippen MR) is 74.8 cm³/mol. The number of rotatable bonds is 5. The Morgan fingerprint density at radius 1 is 1.37 bits per heavy atom. The second-order valence-electron chi connectivity index (χ2n) is 4.11. The Hall–Kier alpha value is -1.33. The van der Waals surface area contributed by atoms with Gasteiger partial charge in [0.1, 0.15) is 11.5 Å². The van der Waals surface area contributed by atoms with E-state index in [0.29, 0.717) is 33.7 Å². The van der Waals surface area contributed by atoms with Crippen molar-refractivity contribution in [3.8, 4) is 5.75 Å². The zero-order valence-corrected chi connectivity index (χ0v) is 12.3. The van der Waals surface area contributed by atoms with Gasteiger partial charge in [0.25, 0.3) is 0 Å². The van der Waals surface area contributed by atoms with E-state index in [4.69, 9.17) is 20.9 Å². The molecule has 19 heavy (non-hydrogen) atoms. The standard InChI is InChI=1S/C13H14ClNO3S/c1-9-5-12(15-18-9)8-19(16)7-10-6-11(14)3-4-13(10)17-2/h3-6H,7-8H2,1-2H3/t19-/m1/s1. The maximum atomic E-state index is 12.1. The summed E-state index contributed by atoms with van der Waals surface area (Å²) in [4.78, 5) is 0. The van der Waals surface area contributed by atoms with Crippen molar-refractivity contribution in [1.29, 1.82) is 0 Å². The summed E-state index contributed by atoms with van der Waals surface area (Å²) in [5, 5.41) is 4.43. The average molecular weight is 300 g/mol. The lowest BCUT2D eigenvalue weighted by molar-refractivity contribution is 0.392. The van der Waals surface area contributed by atoms with Crippen LogP contribution in [0.15, 0.2) is 28.8 Å². The summed E-state index contributed by atoms with van der Waals surface area (Å²) in [6.07, 6.45) is 0. The number of aromatic nitrogens is 1. The van der Waals surface area contributed by atoms with Crippen LogP contribution in [0.3, 0.4) is 0 Å². The van der Waals surface area contributed by atoms with Gasteiger partial charge < -0.3 is 9.26 Å². The Morgan fingerprint density at radius 3 is 2.79 bits per heavy atom. The summed E-state index contributed by atoms with van der Waals surface area (Å²) in [5.74, 6) is 2.13. The molecule has 0 bridgehead atoms. The first-order chi connectivity index (χ1) is 9.08. The topological polar surface area (TPSA) is 52.3 Å². The zero-order valence-electron chi connectivity index (χ0n) is 10.7. The summed E-state index contributed by atoms with van der Waals surface area (Å²) >= 11 is 5.94. The number of ether oxygens (including phenoxy) is 1. The quantitative estimate of drug-likeness (QED) is 0.851. The molecule has 0 unspecified atom stereocenters. The third-order valence-electron chi connectivity index (χ3n) is 2.54. The van der Waals surface area contributed by atoms with E-state index in [-0.39, 0.29) is 0 Å². The van der Waals surface area contributed by atoms with Gasteiger partial charge in [0.15, 0.2) is 0 Å². The highest BCUT2D eigenvalue weighted by Crippen LogP contribution is 2.24. The molecule has 2 aromatic rings. The number of halogens is 1. The highest BCUT2D eigenvalue weighted by molar-refractivity contribution is 7.83. The van der Waals surface area contributed by atoms with Gasteiger partial charge in [0.05, 0.1) is 24.3 Å². The van der Waals surface area contributed by atoms with Crippen LogP contribution in [0.25, 0.3) is 0 Å². The van der Waals surface area contributed by atoms with Gasteiger partial charge in [0.2, 0.25) is 0 Å². The minimum absolute atomic E-state index is 0.354. The molecule has 0 aliphatic rings. The molecule has 1 aromatic carbocycles. The lowest BCUT2D eigenvalue weighted by Crippen LogP contribution is -2.01. The molecular weight excluding hydrogens is 286 g/mol. The smallest absolute Gasteiger partial charge is 0.133 e. The van der Waals surface area contributed by atoms with Gasteiger partial charge in [-0.15, -0.1) is 0 Å². The van der Waals surface area contributed by atoms with E-state index >= 15 is 0 Å². The minimum atomic E-state index is -1.09. The molecule has 0 saturated heterocycles. The van der Waals surface area contributed by atoms with Crippen molar-refractivity contribution in [2.45, 2.75) is 18.4 Å². The molecule has 1 aromatic heterocycles. The number of hydrogen-bond acceptors (Lipinski definition) is 4. The van der Waals surface area contributed by atoms with E-state index in [1.54, 1.807) is 38.3 Å². The first-order valence-corrected chi connectivity index (χ1v) is 7.54. The first kappa shape index (κ1) is 14.1. The Balaban J connectivity index is 2.08. The highest BCUT2D eigenvalue weighted by Gasteiger charge is 2.11. The van der Waals surface area contributed by atoms with Crippen molar-refractivity contribution in [1.82, 2.24) is 5.16 Å². The van der Waals surface area contributed by atoms with E-state index in [1.165, 1.54) is 0 Å². The monoisotopic (exact) mass is 299 g/mol. The Morgan fingerprint density at radius 2 is 2.16 bits per heavy atom. The number of aryl methyl sites for hydroxylation is 1. The average Bonchev–Trinajstić information content (AvgIpc) is 2.75.